The van der Waals surface area contributed by atoms with E-state index in [4.69, 9.17) is 18.9 Å². The summed E-state index contributed by atoms with van der Waals surface area (Å²) in [7, 11) is 3.41. The zero-order valence-electron chi connectivity index (χ0n) is 22.8. The lowest BCUT2D eigenvalue weighted by Crippen LogP contribution is -2.41. The second-order valence-electron chi connectivity index (χ2n) is 10.6. The Morgan fingerprint density at radius 1 is 0.947 bits per heavy atom. The maximum Gasteiger partial charge on any atom is 0.316 e. The first kappa shape index (κ1) is 26.7. The topological polar surface area (TPSA) is 74.7 Å². The maximum atomic E-state index is 6.51. The molecule has 1 saturated heterocycles. The van der Waals surface area contributed by atoms with Crippen molar-refractivity contribution in [1.82, 2.24) is 15.3 Å². The molecular formula is C31H41N3O4. The van der Waals surface area contributed by atoms with Crippen LogP contribution in [0.1, 0.15) is 68.4 Å². The van der Waals surface area contributed by atoms with Crippen LogP contribution >= 0.6 is 0 Å². The third-order valence-electron chi connectivity index (χ3n) is 8.13. The van der Waals surface area contributed by atoms with Crippen molar-refractivity contribution in [2.75, 3.05) is 33.9 Å². The van der Waals surface area contributed by atoms with Crippen molar-refractivity contribution in [2.45, 2.75) is 70.0 Å². The molecule has 1 N–H and O–H groups in total. The van der Waals surface area contributed by atoms with Crippen molar-refractivity contribution in [1.29, 1.82) is 0 Å². The highest BCUT2D eigenvalue weighted by molar-refractivity contribution is 5.94. The number of nitrogens with one attached hydrogen (secondary N) is 1. The molecule has 1 aliphatic heterocycles. The van der Waals surface area contributed by atoms with E-state index in [1.54, 1.807) is 14.2 Å². The number of hydrogen-bond acceptors (Lipinski definition) is 7. The Hall–Kier alpha value is -2.90. The van der Waals surface area contributed by atoms with Gasteiger partial charge in [-0.05, 0) is 43.4 Å². The van der Waals surface area contributed by atoms with E-state index in [9.17, 15) is 0 Å². The molecule has 1 saturated carbocycles. The average Bonchev–Trinajstić information content (AvgIpc) is 2.98. The Morgan fingerprint density at radius 3 is 2.50 bits per heavy atom. The number of piperidine rings is 1. The first-order valence-corrected chi connectivity index (χ1v) is 14.2. The number of fused-ring (bicyclic) bond motifs is 1. The SMILES string of the molecule is COc1cc(COC2CNCCC2c2cnc(OCCCC3CCCCC3)nc2)c(OC)c2ccccc12. The van der Waals surface area contributed by atoms with Gasteiger partial charge in [0.15, 0.2) is 0 Å². The molecule has 7 heteroatoms. The number of aromatic nitrogens is 2. The van der Waals surface area contributed by atoms with Gasteiger partial charge in [-0.2, -0.15) is 0 Å². The zero-order chi connectivity index (χ0) is 26.2. The third-order valence-corrected chi connectivity index (χ3v) is 8.13. The molecule has 0 amide bonds. The normalized spacial score (nSPS) is 20.4. The molecule has 2 aliphatic rings. The average molecular weight is 520 g/mol. The molecule has 0 radical (unpaired) electrons. The largest absolute Gasteiger partial charge is 0.496 e. The molecular weight excluding hydrogens is 478 g/mol. The van der Waals surface area contributed by atoms with Gasteiger partial charge in [-0.25, -0.2) is 9.97 Å². The highest BCUT2D eigenvalue weighted by Gasteiger charge is 2.28. The lowest BCUT2D eigenvalue weighted by Gasteiger charge is -2.32. The van der Waals surface area contributed by atoms with E-state index >= 15 is 0 Å². The molecule has 2 atom stereocenters. The minimum atomic E-state index is -0.00298. The number of methoxy groups -OCH3 is 2. The monoisotopic (exact) mass is 519 g/mol. The van der Waals surface area contributed by atoms with E-state index in [0.717, 1.165) is 65.2 Å². The molecule has 2 unspecified atom stereocenters. The quantitative estimate of drug-likeness (QED) is 0.309. The van der Waals surface area contributed by atoms with Crippen molar-refractivity contribution in [3.63, 3.8) is 0 Å². The Balaban J connectivity index is 1.20. The summed E-state index contributed by atoms with van der Waals surface area (Å²) in [6, 6.07) is 10.6. The van der Waals surface area contributed by atoms with Crippen molar-refractivity contribution in [2.24, 2.45) is 5.92 Å². The fourth-order valence-electron chi connectivity index (χ4n) is 6.07. The van der Waals surface area contributed by atoms with Crippen LogP contribution in [-0.4, -0.2) is 50.0 Å². The van der Waals surface area contributed by atoms with Gasteiger partial charge < -0.3 is 24.3 Å². The summed E-state index contributed by atoms with van der Waals surface area (Å²) in [6.07, 6.45) is 14.1. The van der Waals surface area contributed by atoms with Crippen LogP contribution in [0.5, 0.6) is 17.5 Å². The predicted molar refractivity (Wildman–Crippen MR) is 149 cm³/mol. The molecule has 2 aromatic carbocycles. The van der Waals surface area contributed by atoms with E-state index in [0.29, 0.717) is 19.2 Å². The molecule has 1 aliphatic carbocycles. The molecule has 0 spiro atoms. The van der Waals surface area contributed by atoms with Crippen LogP contribution in [0.15, 0.2) is 42.7 Å². The number of benzene rings is 2. The molecule has 5 rings (SSSR count). The second-order valence-corrected chi connectivity index (χ2v) is 10.6. The lowest BCUT2D eigenvalue weighted by atomic mass is 9.86. The maximum absolute atomic E-state index is 6.51. The summed E-state index contributed by atoms with van der Waals surface area (Å²) >= 11 is 0. The van der Waals surface area contributed by atoms with Crippen LogP contribution in [0.3, 0.4) is 0 Å². The van der Waals surface area contributed by atoms with Crippen LogP contribution in [0, 0.1) is 5.92 Å². The minimum Gasteiger partial charge on any atom is -0.496 e. The Morgan fingerprint density at radius 2 is 1.74 bits per heavy atom. The molecule has 3 aromatic rings. The number of nitrogens with zero attached hydrogens (tertiary/aromatic N) is 2. The minimum absolute atomic E-state index is 0.00298. The molecule has 2 heterocycles. The van der Waals surface area contributed by atoms with Gasteiger partial charge in [0.2, 0.25) is 0 Å². The summed E-state index contributed by atoms with van der Waals surface area (Å²) in [6.45, 7) is 2.83. The third kappa shape index (κ3) is 6.38. The van der Waals surface area contributed by atoms with E-state index in [1.165, 1.54) is 38.5 Å². The zero-order valence-corrected chi connectivity index (χ0v) is 22.8. The molecule has 7 nitrogen and oxygen atoms in total. The predicted octanol–water partition coefficient (Wildman–Crippen LogP) is 6.05. The van der Waals surface area contributed by atoms with Crippen LogP contribution in [-0.2, 0) is 11.3 Å². The number of ether oxygens (including phenoxy) is 4. The molecule has 1 aromatic heterocycles. The van der Waals surface area contributed by atoms with Gasteiger partial charge in [0.25, 0.3) is 0 Å². The summed E-state index contributed by atoms with van der Waals surface area (Å²) in [5.74, 6) is 2.74. The van der Waals surface area contributed by atoms with Gasteiger partial charge in [-0.1, -0.05) is 56.4 Å². The Kier molecular flexibility index (Phi) is 9.31. The van der Waals surface area contributed by atoms with Crippen LogP contribution in [0.4, 0.5) is 0 Å². The summed E-state index contributed by atoms with van der Waals surface area (Å²) in [5, 5.41) is 5.53. The van der Waals surface area contributed by atoms with Crippen LogP contribution in [0.2, 0.25) is 0 Å². The number of rotatable bonds is 11. The summed E-state index contributed by atoms with van der Waals surface area (Å²) in [5.41, 5.74) is 2.06. The fourth-order valence-corrected chi connectivity index (χ4v) is 6.07. The summed E-state index contributed by atoms with van der Waals surface area (Å²) in [4.78, 5) is 9.06. The van der Waals surface area contributed by atoms with Gasteiger partial charge in [-0.3, -0.25) is 0 Å². The van der Waals surface area contributed by atoms with Crippen LogP contribution in [0.25, 0.3) is 10.8 Å². The van der Waals surface area contributed by atoms with Crippen molar-refractivity contribution in [3.8, 4) is 17.5 Å². The van der Waals surface area contributed by atoms with Crippen molar-refractivity contribution < 1.29 is 18.9 Å². The van der Waals surface area contributed by atoms with E-state index in [1.807, 2.05) is 36.7 Å². The molecule has 204 valence electrons. The van der Waals surface area contributed by atoms with Gasteiger partial charge in [0, 0.05) is 41.2 Å². The van der Waals surface area contributed by atoms with Crippen molar-refractivity contribution in [3.05, 3.63) is 53.9 Å². The number of hydrogen-bond donors (Lipinski definition) is 1. The second kappa shape index (κ2) is 13.3. The highest BCUT2D eigenvalue weighted by Crippen LogP contribution is 2.38. The van der Waals surface area contributed by atoms with E-state index in [-0.39, 0.29) is 12.0 Å². The highest BCUT2D eigenvalue weighted by atomic mass is 16.5. The lowest BCUT2D eigenvalue weighted by molar-refractivity contribution is 0.00965. The fraction of sp³-hybridized carbons (Fsp3) is 0.548. The smallest absolute Gasteiger partial charge is 0.316 e. The molecule has 38 heavy (non-hydrogen) atoms. The van der Waals surface area contributed by atoms with Gasteiger partial charge >= 0.3 is 6.01 Å². The Bertz CT molecular complexity index is 1160. The Labute approximate surface area is 226 Å². The first-order chi connectivity index (χ1) is 18.8. The van der Waals surface area contributed by atoms with Gasteiger partial charge in [-0.15, -0.1) is 0 Å². The first-order valence-electron chi connectivity index (χ1n) is 14.2. The van der Waals surface area contributed by atoms with E-state index in [2.05, 4.69) is 21.4 Å². The van der Waals surface area contributed by atoms with Gasteiger partial charge in [0.1, 0.15) is 11.5 Å². The van der Waals surface area contributed by atoms with E-state index < -0.39 is 0 Å². The molecule has 0 bridgehead atoms. The van der Waals surface area contributed by atoms with Crippen LogP contribution < -0.4 is 19.5 Å². The summed E-state index contributed by atoms with van der Waals surface area (Å²) < 4.78 is 23.9. The van der Waals surface area contributed by atoms with Crippen molar-refractivity contribution >= 4 is 10.8 Å². The standard InChI is InChI=1S/C31H41N3O4/c1-35-28-17-23(30(36-2)27-13-7-6-12-26(27)28)21-38-29-20-32-15-14-25(29)24-18-33-31(34-19-24)37-16-8-11-22-9-4-3-5-10-22/h6-7,12-13,17-19,22,25,29,32H,3-5,8-11,14-16,20-21H2,1-2H3. The van der Waals surface area contributed by atoms with Gasteiger partial charge in [0.05, 0.1) is 33.5 Å². The molecule has 2 fully saturated rings.